The van der Waals surface area contributed by atoms with Crippen LogP contribution in [0.4, 0.5) is 0 Å². The second kappa shape index (κ2) is 6.48. The quantitative estimate of drug-likeness (QED) is 0.865. The van der Waals surface area contributed by atoms with Crippen LogP contribution in [0.3, 0.4) is 0 Å². The van der Waals surface area contributed by atoms with Crippen molar-refractivity contribution >= 4 is 5.91 Å². The number of hydrogen-bond acceptors (Lipinski definition) is 3. The van der Waals surface area contributed by atoms with Crippen molar-refractivity contribution in [2.45, 2.75) is 76.4 Å². The number of carbonyl (C=O) groups excluding carboxylic acids is 1. The Kier molecular flexibility index (Phi) is 4.79. The van der Waals surface area contributed by atoms with Crippen LogP contribution in [0.5, 0.6) is 0 Å². The molecule has 2 heterocycles. The fraction of sp³-hybridized carbons (Fsp3) is 0.944. The van der Waals surface area contributed by atoms with Gasteiger partial charge in [-0.15, -0.1) is 0 Å². The molecule has 1 spiro atoms. The molecule has 0 aromatic rings. The van der Waals surface area contributed by atoms with Gasteiger partial charge in [-0.05, 0) is 65.1 Å². The van der Waals surface area contributed by atoms with Gasteiger partial charge in [0, 0.05) is 30.1 Å². The number of nitrogens with one attached hydrogen (secondary N) is 1. The molecule has 1 amide bonds. The Hall–Kier alpha value is -0.610. The number of hydrogen-bond donors (Lipinski definition) is 1. The lowest BCUT2D eigenvalue weighted by molar-refractivity contribution is -0.143. The Morgan fingerprint density at radius 2 is 1.86 bits per heavy atom. The predicted molar refractivity (Wildman–Crippen MR) is 89.8 cm³/mol. The van der Waals surface area contributed by atoms with Gasteiger partial charge in [0.1, 0.15) is 0 Å². The molecule has 4 heteroatoms. The summed E-state index contributed by atoms with van der Waals surface area (Å²) in [7, 11) is 2.21. The van der Waals surface area contributed by atoms with E-state index in [2.05, 4.69) is 36.0 Å². The Morgan fingerprint density at radius 3 is 2.45 bits per heavy atom. The highest BCUT2D eigenvalue weighted by Gasteiger charge is 2.54. The number of carbonyl (C=O) groups is 1. The van der Waals surface area contributed by atoms with Gasteiger partial charge in [0.2, 0.25) is 5.91 Å². The summed E-state index contributed by atoms with van der Waals surface area (Å²) in [6.45, 7) is 7.49. The van der Waals surface area contributed by atoms with Crippen molar-refractivity contribution in [2.24, 2.45) is 5.92 Å². The van der Waals surface area contributed by atoms with Gasteiger partial charge in [0.15, 0.2) is 0 Å². The van der Waals surface area contributed by atoms with Crippen molar-refractivity contribution in [1.29, 1.82) is 0 Å². The molecule has 22 heavy (non-hydrogen) atoms. The van der Waals surface area contributed by atoms with Crippen LogP contribution >= 0.6 is 0 Å². The molecule has 2 saturated heterocycles. The Labute approximate surface area is 135 Å². The van der Waals surface area contributed by atoms with E-state index < -0.39 is 0 Å². The van der Waals surface area contributed by atoms with E-state index in [1.807, 2.05) is 0 Å². The Bertz CT molecular complexity index is 397. The van der Waals surface area contributed by atoms with Gasteiger partial charge < -0.3 is 15.1 Å². The molecule has 1 N–H and O–H groups in total. The summed E-state index contributed by atoms with van der Waals surface area (Å²) < 4.78 is 0. The molecule has 0 aromatic carbocycles. The van der Waals surface area contributed by atoms with Crippen molar-refractivity contribution < 1.29 is 4.79 Å². The standard InChI is InChI=1S/C18H33N3O/c1-14(2)17(22)21-16(5-4-8-18(21)9-10-18)13-19-15-6-11-20(3)12-7-15/h14-16,19H,4-13H2,1-3H3. The van der Waals surface area contributed by atoms with Gasteiger partial charge in [0.25, 0.3) is 0 Å². The zero-order valence-corrected chi connectivity index (χ0v) is 14.6. The highest BCUT2D eigenvalue weighted by molar-refractivity contribution is 5.80. The normalized spacial score (nSPS) is 29.3. The molecule has 3 rings (SSSR count). The van der Waals surface area contributed by atoms with Crippen molar-refractivity contribution in [1.82, 2.24) is 15.1 Å². The van der Waals surface area contributed by atoms with Gasteiger partial charge in [0.05, 0.1) is 0 Å². The number of likely N-dealkylation sites (tertiary alicyclic amines) is 2. The summed E-state index contributed by atoms with van der Waals surface area (Å²) in [4.78, 5) is 17.5. The van der Waals surface area contributed by atoms with Gasteiger partial charge in [-0.2, -0.15) is 0 Å². The minimum absolute atomic E-state index is 0.126. The van der Waals surface area contributed by atoms with E-state index >= 15 is 0 Å². The second-order valence-corrected chi connectivity index (χ2v) is 8.12. The van der Waals surface area contributed by atoms with Crippen LogP contribution in [0.2, 0.25) is 0 Å². The predicted octanol–water partition coefficient (Wildman–Crippen LogP) is 2.24. The summed E-state index contributed by atoms with van der Waals surface area (Å²) in [6, 6.07) is 1.06. The average Bonchev–Trinajstić information content (AvgIpc) is 3.26. The first-order valence-corrected chi connectivity index (χ1v) is 9.27. The SMILES string of the molecule is CC(C)C(=O)N1C(CNC2CCN(C)CC2)CCCC12CC2. The number of rotatable bonds is 4. The maximum absolute atomic E-state index is 12.7. The third kappa shape index (κ3) is 3.33. The molecular formula is C18H33N3O. The molecule has 1 aliphatic carbocycles. The molecule has 3 fully saturated rings. The summed E-state index contributed by atoms with van der Waals surface area (Å²) in [5.74, 6) is 0.508. The Balaban J connectivity index is 1.59. The zero-order chi connectivity index (χ0) is 15.7. The van der Waals surface area contributed by atoms with Crippen LogP contribution in [-0.2, 0) is 4.79 Å². The van der Waals surface area contributed by atoms with Gasteiger partial charge in [-0.25, -0.2) is 0 Å². The van der Waals surface area contributed by atoms with Crippen LogP contribution in [0.15, 0.2) is 0 Å². The van der Waals surface area contributed by atoms with E-state index in [4.69, 9.17) is 0 Å². The maximum Gasteiger partial charge on any atom is 0.225 e. The first-order chi connectivity index (χ1) is 10.5. The van der Waals surface area contributed by atoms with E-state index in [0.717, 1.165) is 6.54 Å². The smallest absolute Gasteiger partial charge is 0.225 e. The second-order valence-electron chi connectivity index (χ2n) is 8.12. The van der Waals surface area contributed by atoms with Crippen molar-refractivity contribution in [3.8, 4) is 0 Å². The molecule has 1 unspecified atom stereocenters. The molecule has 2 aliphatic heterocycles. The topological polar surface area (TPSA) is 35.6 Å². The minimum atomic E-state index is 0.126. The molecule has 1 atom stereocenters. The van der Waals surface area contributed by atoms with E-state index in [1.165, 1.54) is 58.0 Å². The van der Waals surface area contributed by atoms with Crippen LogP contribution in [0, 0.1) is 5.92 Å². The number of nitrogens with zero attached hydrogens (tertiary/aromatic N) is 2. The van der Waals surface area contributed by atoms with Gasteiger partial charge >= 0.3 is 0 Å². The molecule has 3 aliphatic rings. The van der Waals surface area contributed by atoms with E-state index in [0.29, 0.717) is 18.0 Å². The summed E-state index contributed by atoms with van der Waals surface area (Å²) in [5.41, 5.74) is 0.249. The third-order valence-electron chi connectivity index (χ3n) is 5.97. The van der Waals surface area contributed by atoms with Crippen LogP contribution in [0.25, 0.3) is 0 Å². The lowest BCUT2D eigenvalue weighted by Crippen LogP contribution is -2.57. The molecule has 0 aromatic heterocycles. The third-order valence-corrected chi connectivity index (χ3v) is 5.97. The molecule has 0 bridgehead atoms. The molecular weight excluding hydrogens is 274 g/mol. The highest BCUT2D eigenvalue weighted by Crippen LogP contribution is 2.50. The van der Waals surface area contributed by atoms with Crippen LogP contribution < -0.4 is 5.32 Å². The summed E-state index contributed by atoms with van der Waals surface area (Å²) >= 11 is 0. The zero-order valence-electron chi connectivity index (χ0n) is 14.6. The Morgan fingerprint density at radius 1 is 1.18 bits per heavy atom. The molecule has 126 valence electrons. The fourth-order valence-corrected chi connectivity index (χ4v) is 4.34. The number of amides is 1. The average molecular weight is 307 g/mol. The molecule has 4 nitrogen and oxygen atoms in total. The first-order valence-electron chi connectivity index (χ1n) is 9.27. The fourth-order valence-electron chi connectivity index (χ4n) is 4.34. The van der Waals surface area contributed by atoms with Crippen LogP contribution in [-0.4, -0.2) is 60.0 Å². The molecule has 1 saturated carbocycles. The van der Waals surface area contributed by atoms with E-state index in [-0.39, 0.29) is 11.5 Å². The molecule has 0 radical (unpaired) electrons. The monoisotopic (exact) mass is 307 g/mol. The maximum atomic E-state index is 12.7. The summed E-state index contributed by atoms with van der Waals surface area (Å²) in [5, 5.41) is 3.78. The van der Waals surface area contributed by atoms with Crippen molar-refractivity contribution in [3.05, 3.63) is 0 Å². The van der Waals surface area contributed by atoms with Crippen molar-refractivity contribution in [3.63, 3.8) is 0 Å². The van der Waals surface area contributed by atoms with Gasteiger partial charge in [-0.1, -0.05) is 13.8 Å². The highest BCUT2D eigenvalue weighted by atomic mass is 16.2. The lowest BCUT2D eigenvalue weighted by Gasteiger charge is -2.45. The minimum Gasteiger partial charge on any atom is -0.333 e. The first kappa shape index (κ1) is 16.3. The number of piperidine rings is 2. The lowest BCUT2D eigenvalue weighted by atomic mass is 9.91. The largest absolute Gasteiger partial charge is 0.333 e. The van der Waals surface area contributed by atoms with E-state index in [9.17, 15) is 4.79 Å². The van der Waals surface area contributed by atoms with E-state index in [1.54, 1.807) is 0 Å². The van der Waals surface area contributed by atoms with Crippen LogP contribution in [0.1, 0.15) is 58.8 Å². The van der Waals surface area contributed by atoms with Crippen molar-refractivity contribution in [2.75, 3.05) is 26.7 Å². The van der Waals surface area contributed by atoms with Gasteiger partial charge in [-0.3, -0.25) is 4.79 Å². The summed E-state index contributed by atoms with van der Waals surface area (Å²) in [6.07, 6.45) is 8.66.